The highest BCUT2D eigenvalue weighted by Gasteiger charge is 2.43. The van der Waals surface area contributed by atoms with Crippen molar-refractivity contribution < 1.29 is 18.7 Å². The summed E-state index contributed by atoms with van der Waals surface area (Å²) in [6.45, 7) is 20.0. The summed E-state index contributed by atoms with van der Waals surface area (Å²) in [6.07, 6.45) is 8.98. The second-order valence-corrected chi connectivity index (χ2v) is 15.3. The SMILES string of the molecule is CC=CC=C[C@H](C)[C@H](OCc1ccc(OC)cc1)[C@@H](C)[C@@H](O[Si](C)(C)C(C)(C)C)[C@H](C)C=O. The molecule has 5 heteroatoms. The summed E-state index contributed by atoms with van der Waals surface area (Å²) in [5.74, 6) is 0.795. The van der Waals surface area contributed by atoms with Crippen LogP contribution < -0.4 is 4.74 Å². The van der Waals surface area contributed by atoms with Crippen molar-refractivity contribution in [1.29, 1.82) is 0 Å². The third-order valence-corrected chi connectivity index (χ3v) is 11.3. The number of allylic oxidation sites excluding steroid dienone is 3. The molecule has 0 aliphatic rings. The number of aldehydes is 1. The molecule has 0 N–H and O–H groups in total. The average molecular weight is 475 g/mol. The summed E-state index contributed by atoms with van der Waals surface area (Å²) in [5, 5.41) is 0.0600. The molecule has 1 aromatic rings. The van der Waals surface area contributed by atoms with E-state index >= 15 is 0 Å². The van der Waals surface area contributed by atoms with Gasteiger partial charge in [-0.05, 0) is 42.8 Å². The zero-order valence-corrected chi connectivity index (χ0v) is 23.4. The Morgan fingerprint density at radius 1 is 0.970 bits per heavy atom. The fraction of sp³-hybridized carbons (Fsp3) is 0.607. The molecule has 0 bridgehead atoms. The zero-order valence-electron chi connectivity index (χ0n) is 22.4. The van der Waals surface area contributed by atoms with Gasteiger partial charge >= 0.3 is 0 Å². The maximum atomic E-state index is 11.9. The molecule has 0 aromatic heterocycles. The van der Waals surface area contributed by atoms with Gasteiger partial charge in [0.15, 0.2) is 8.32 Å². The number of rotatable bonds is 13. The van der Waals surface area contributed by atoms with Gasteiger partial charge in [0.2, 0.25) is 0 Å². The third kappa shape index (κ3) is 8.88. The van der Waals surface area contributed by atoms with Crippen molar-refractivity contribution in [2.45, 2.75) is 85.4 Å². The van der Waals surface area contributed by atoms with Crippen molar-refractivity contribution in [1.82, 2.24) is 0 Å². The number of carbonyl (C=O) groups is 1. The van der Waals surface area contributed by atoms with E-state index in [0.29, 0.717) is 6.61 Å². The van der Waals surface area contributed by atoms with E-state index in [2.05, 4.69) is 59.9 Å². The Bertz CT molecular complexity index is 761. The molecule has 0 spiro atoms. The second-order valence-electron chi connectivity index (χ2n) is 10.6. The standard InChI is InChI=1S/C28H46O4Si/c1-11-12-13-14-21(2)26(31-20-24-15-17-25(30-8)18-16-24)23(4)27(22(3)19-29)32-33(9,10)28(5,6)7/h11-19,21-23,26-27H,20H2,1-10H3/t21-,22+,23+,26-,27-/m0/s1. The van der Waals surface area contributed by atoms with Gasteiger partial charge in [0, 0.05) is 17.8 Å². The lowest BCUT2D eigenvalue weighted by molar-refractivity contribution is -0.117. The Morgan fingerprint density at radius 3 is 2.06 bits per heavy atom. The van der Waals surface area contributed by atoms with E-state index in [1.807, 2.05) is 50.3 Å². The van der Waals surface area contributed by atoms with Crippen molar-refractivity contribution >= 4 is 14.6 Å². The predicted molar refractivity (Wildman–Crippen MR) is 141 cm³/mol. The number of ether oxygens (including phenoxy) is 2. The van der Waals surface area contributed by atoms with Crippen molar-refractivity contribution in [3.05, 3.63) is 54.1 Å². The average Bonchev–Trinajstić information content (AvgIpc) is 2.76. The van der Waals surface area contributed by atoms with Crippen molar-refractivity contribution in [2.24, 2.45) is 17.8 Å². The Morgan fingerprint density at radius 2 is 1.58 bits per heavy atom. The van der Waals surface area contributed by atoms with Crippen molar-refractivity contribution in [2.75, 3.05) is 7.11 Å². The molecule has 0 aliphatic heterocycles. The minimum Gasteiger partial charge on any atom is -0.497 e. The fourth-order valence-electron chi connectivity index (χ4n) is 3.63. The predicted octanol–water partition coefficient (Wildman–Crippen LogP) is 7.21. The van der Waals surface area contributed by atoms with Crippen LogP contribution in [0.5, 0.6) is 5.75 Å². The highest BCUT2D eigenvalue weighted by Crippen LogP contribution is 2.40. The molecular formula is C28H46O4Si. The van der Waals surface area contributed by atoms with Crippen LogP contribution in [0.1, 0.15) is 54.0 Å². The van der Waals surface area contributed by atoms with Gasteiger partial charge in [-0.2, -0.15) is 0 Å². The van der Waals surface area contributed by atoms with Gasteiger partial charge in [0.1, 0.15) is 12.0 Å². The molecule has 0 unspecified atom stereocenters. The van der Waals surface area contributed by atoms with Crippen LogP contribution in [0.2, 0.25) is 18.1 Å². The summed E-state index contributed by atoms with van der Waals surface area (Å²) < 4.78 is 18.6. The van der Waals surface area contributed by atoms with Crippen LogP contribution in [0.25, 0.3) is 0 Å². The highest BCUT2D eigenvalue weighted by molar-refractivity contribution is 6.74. The summed E-state index contributed by atoms with van der Waals surface area (Å²) in [5.41, 5.74) is 1.09. The molecule has 0 aliphatic carbocycles. The van der Waals surface area contributed by atoms with Crippen molar-refractivity contribution in [3.63, 3.8) is 0 Å². The van der Waals surface area contributed by atoms with Gasteiger partial charge < -0.3 is 18.7 Å². The van der Waals surface area contributed by atoms with Crippen LogP contribution in [-0.2, 0) is 20.6 Å². The van der Waals surface area contributed by atoms with Gasteiger partial charge in [-0.25, -0.2) is 0 Å². The number of hydrogen-bond donors (Lipinski definition) is 0. The summed E-state index contributed by atoms with van der Waals surface area (Å²) in [7, 11) is -0.411. The second kappa shape index (κ2) is 13.3. The maximum absolute atomic E-state index is 11.9. The first-order valence-electron chi connectivity index (χ1n) is 12.0. The maximum Gasteiger partial charge on any atom is 0.192 e. The highest BCUT2D eigenvalue weighted by atomic mass is 28.4. The Balaban J connectivity index is 3.22. The monoisotopic (exact) mass is 474 g/mol. The van der Waals surface area contributed by atoms with Gasteiger partial charge in [0.25, 0.3) is 0 Å². The molecular weight excluding hydrogens is 428 g/mol. The number of methoxy groups -OCH3 is 1. The molecule has 0 saturated heterocycles. The third-order valence-electron chi connectivity index (χ3n) is 6.84. The van der Waals surface area contributed by atoms with E-state index in [0.717, 1.165) is 17.6 Å². The molecule has 0 fully saturated rings. The smallest absolute Gasteiger partial charge is 0.192 e. The molecule has 1 aromatic carbocycles. The van der Waals surface area contributed by atoms with E-state index < -0.39 is 8.32 Å². The van der Waals surface area contributed by atoms with Crippen LogP contribution in [-0.4, -0.2) is 33.9 Å². The van der Waals surface area contributed by atoms with E-state index in [1.54, 1.807) is 7.11 Å². The van der Waals surface area contributed by atoms with Gasteiger partial charge in [-0.3, -0.25) is 0 Å². The first-order chi connectivity index (χ1) is 15.4. The first-order valence-corrected chi connectivity index (χ1v) is 15.0. The minimum atomic E-state index is -2.08. The van der Waals surface area contributed by atoms with Gasteiger partial charge in [-0.1, -0.05) is 78.0 Å². The van der Waals surface area contributed by atoms with Crippen LogP contribution >= 0.6 is 0 Å². The Labute approximate surface area is 203 Å². The quantitative estimate of drug-likeness (QED) is 0.172. The van der Waals surface area contributed by atoms with E-state index in [9.17, 15) is 4.79 Å². The Hall–Kier alpha value is -1.69. The zero-order chi connectivity index (χ0) is 25.2. The molecule has 186 valence electrons. The molecule has 0 radical (unpaired) electrons. The summed E-state index contributed by atoms with van der Waals surface area (Å²) in [6, 6.07) is 7.95. The lowest BCUT2D eigenvalue weighted by atomic mass is 9.84. The fourth-order valence-corrected chi connectivity index (χ4v) is 5.09. The van der Waals surface area contributed by atoms with Crippen LogP contribution in [0, 0.1) is 17.8 Å². The van der Waals surface area contributed by atoms with Crippen LogP contribution in [0.4, 0.5) is 0 Å². The van der Waals surface area contributed by atoms with Gasteiger partial charge in [-0.15, -0.1) is 0 Å². The normalized spacial score (nSPS) is 17.6. The number of carbonyl (C=O) groups excluding carboxylic acids is 1. The first kappa shape index (κ1) is 29.3. The van der Waals surface area contributed by atoms with E-state index in [-0.39, 0.29) is 35.0 Å². The van der Waals surface area contributed by atoms with Crippen LogP contribution in [0.15, 0.2) is 48.6 Å². The van der Waals surface area contributed by atoms with E-state index in [4.69, 9.17) is 13.9 Å². The topological polar surface area (TPSA) is 44.8 Å². The molecule has 0 heterocycles. The molecule has 5 atom stereocenters. The van der Waals surface area contributed by atoms with Gasteiger partial charge in [0.05, 0.1) is 25.9 Å². The van der Waals surface area contributed by atoms with E-state index in [1.165, 1.54) is 0 Å². The lowest BCUT2D eigenvalue weighted by Gasteiger charge is -2.44. The number of hydrogen-bond acceptors (Lipinski definition) is 4. The molecule has 0 amide bonds. The van der Waals surface area contributed by atoms with Crippen LogP contribution in [0.3, 0.4) is 0 Å². The van der Waals surface area contributed by atoms with Crippen molar-refractivity contribution in [3.8, 4) is 5.75 Å². The molecule has 4 nitrogen and oxygen atoms in total. The lowest BCUT2D eigenvalue weighted by Crippen LogP contribution is -2.50. The summed E-state index contributed by atoms with van der Waals surface area (Å²) in [4.78, 5) is 11.9. The molecule has 0 saturated carbocycles. The molecule has 33 heavy (non-hydrogen) atoms. The largest absolute Gasteiger partial charge is 0.497 e. The minimum absolute atomic E-state index is 0.0304. The number of benzene rings is 1. The molecule has 1 rings (SSSR count). The Kier molecular flexibility index (Phi) is 11.8. The summed E-state index contributed by atoms with van der Waals surface area (Å²) >= 11 is 0.